The summed E-state index contributed by atoms with van der Waals surface area (Å²) in [6, 6.07) is 5.23. The number of carbonyl (C=O) groups is 3. The quantitative estimate of drug-likeness (QED) is 0.744. The predicted molar refractivity (Wildman–Crippen MR) is 123 cm³/mol. The molecule has 3 aliphatic rings. The monoisotopic (exact) mass is 441 g/mol. The first kappa shape index (κ1) is 22.6. The smallest absolute Gasteiger partial charge is 0.255 e. The third-order valence-electron chi connectivity index (χ3n) is 7.06. The predicted octanol–water partition coefficient (Wildman–Crippen LogP) is 1.80. The standard InChI is InChI=1S/C24H35N5O3/c1-4-10-27-12-14-28(15-13-27)23(32)18(3)29-11-9-24(8-7-21(29)30)25-20-16-17(2)5-6-19(20)22(31)26-24/h5-6,16,18,25H,4,7-15H2,1-3H3,(H,26,31)/t18-,24-/m0/s1. The number of piperazine rings is 1. The van der Waals surface area contributed by atoms with Crippen LogP contribution in [0.1, 0.15) is 55.5 Å². The van der Waals surface area contributed by atoms with Crippen LogP contribution in [0, 0.1) is 6.92 Å². The molecule has 174 valence electrons. The molecule has 2 N–H and O–H groups in total. The number of hydrogen-bond donors (Lipinski definition) is 2. The van der Waals surface area contributed by atoms with E-state index >= 15 is 0 Å². The lowest BCUT2D eigenvalue weighted by molar-refractivity contribution is -0.145. The lowest BCUT2D eigenvalue weighted by atomic mass is 9.94. The summed E-state index contributed by atoms with van der Waals surface area (Å²) >= 11 is 0. The average Bonchev–Trinajstić information content (AvgIpc) is 2.92. The maximum Gasteiger partial charge on any atom is 0.255 e. The summed E-state index contributed by atoms with van der Waals surface area (Å²) in [6.07, 6.45) is 2.46. The molecular formula is C24H35N5O3. The fraction of sp³-hybridized carbons (Fsp3) is 0.625. The highest BCUT2D eigenvalue weighted by molar-refractivity contribution is 6.02. The van der Waals surface area contributed by atoms with Gasteiger partial charge in [0.1, 0.15) is 11.7 Å². The van der Waals surface area contributed by atoms with E-state index in [1.807, 2.05) is 36.9 Å². The Morgan fingerprint density at radius 3 is 2.56 bits per heavy atom. The number of nitrogens with one attached hydrogen (secondary N) is 2. The van der Waals surface area contributed by atoms with Gasteiger partial charge in [0.05, 0.1) is 5.56 Å². The van der Waals surface area contributed by atoms with E-state index in [1.54, 1.807) is 4.90 Å². The number of anilines is 1. The van der Waals surface area contributed by atoms with Gasteiger partial charge in [-0.3, -0.25) is 19.3 Å². The van der Waals surface area contributed by atoms with Gasteiger partial charge >= 0.3 is 0 Å². The van der Waals surface area contributed by atoms with Gasteiger partial charge in [0, 0.05) is 51.3 Å². The van der Waals surface area contributed by atoms with Crippen molar-refractivity contribution in [2.75, 3.05) is 44.6 Å². The maximum atomic E-state index is 13.2. The lowest BCUT2D eigenvalue weighted by Crippen LogP contribution is -2.58. The second-order valence-corrected chi connectivity index (χ2v) is 9.39. The molecule has 2 atom stereocenters. The van der Waals surface area contributed by atoms with Crippen molar-refractivity contribution in [2.24, 2.45) is 0 Å². The highest BCUT2D eigenvalue weighted by Crippen LogP contribution is 2.32. The minimum absolute atomic E-state index is 0.0204. The first-order valence-corrected chi connectivity index (χ1v) is 11.8. The van der Waals surface area contributed by atoms with Crippen LogP contribution >= 0.6 is 0 Å². The Labute approximate surface area is 190 Å². The van der Waals surface area contributed by atoms with Gasteiger partial charge in [-0.05, 0) is 50.9 Å². The second kappa shape index (κ2) is 9.10. The van der Waals surface area contributed by atoms with Crippen molar-refractivity contribution >= 4 is 23.4 Å². The summed E-state index contributed by atoms with van der Waals surface area (Å²) in [6.45, 7) is 10.7. The van der Waals surface area contributed by atoms with Crippen LogP contribution in [0.3, 0.4) is 0 Å². The molecule has 1 aromatic carbocycles. The Bertz CT molecular complexity index is 896. The molecule has 0 bridgehead atoms. The van der Waals surface area contributed by atoms with Crippen LogP contribution in [-0.4, -0.2) is 83.4 Å². The Morgan fingerprint density at radius 2 is 1.84 bits per heavy atom. The zero-order valence-electron chi connectivity index (χ0n) is 19.4. The molecule has 0 aromatic heterocycles. The second-order valence-electron chi connectivity index (χ2n) is 9.39. The lowest BCUT2D eigenvalue weighted by Gasteiger charge is -2.40. The molecule has 0 radical (unpaired) electrons. The average molecular weight is 442 g/mol. The molecule has 2 fully saturated rings. The van der Waals surface area contributed by atoms with E-state index < -0.39 is 11.7 Å². The van der Waals surface area contributed by atoms with E-state index in [0.717, 1.165) is 37.3 Å². The first-order valence-electron chi connectivity index (χ1n) is 11.8. The molecule has 3 aliphatic heterocycles. The van der Waals surface area contributed by atoms with E-state index in [-0.39, 0.29) is 24.1 Å². The fourth-order valence-electron chi connectivity index (χ4n) is 5.12. The van der Waals surface area contributed by atoms with Crippen LogP contribution in [0.2, 0.25) is 0 Å². The topological polar surface area (TPSA) is 85.0 Å². The third-order valence-corrected chi connectivity index (χ3v) is 7.06. The molecule has 0 saturated carbocycles. The van der Waals surface area contributed by atoms with Gasteiger partial charge in [0.2, 0.25) is 11.8 Å². The van der Waals surface area contributed by atoms with Crippen LogP contribution in [-0.2, 0) is 9.59 Å². The number of amides is 3. The van der Waals surface area contributed by atoms with Crippen LogP contribution < -0.4 is 10.6 Å². The normalized spacial score (nSPS) is 25.1. The number of hydrogen-bond acceptors (Lipinski definition) is 5. The summed E-state index contributed by atoms with van der Waals surface area (Å²) in [4.78, 5) is 44.9. The largest absolute Gasteiger partial charge is 0.362 e. The fourth-order valence-corrected chi connectivity index (χ4v) is 5.12. The van der Waals surface area contributed by atoms with Gasteiger partial charge < -0.3 is 20.4 Å². The highest BCUT2D eigenvalue weighted by atomic mass is 16.2. The van der Waals surface area contributed by atoms with Crippen LogP contribution in [0.4, 0.5) is 5.69 Å². The van der Waals surface area contributed by atoms with E-state index in [2.05, 4.69) is 22.5 Å². The van der Waals surface area contributed by atoms with Crippen molar-refractivity contribution in [3.63, 3.8) is 0 Å². The third kappa shape index (κ3) is 4.46. The Kier molecular flexibility index (Phi) is 6.42. The van der Waals surface area contributed by atoms with Crippen LogP contribution in [0.15, 0.2) is 18.2 Å². The van der Waals surface area contributed by atoms with Gasteiger partial charge in [-0.2, -0.15) is 0 Å². The van der Waals surface area contributed by atoms with E-state index in [9.17, 15) is 14.4 Å². The Morgan fingerprint density at radius 1 is 1.09 bits per heavy atom. The van der Waals surface area contributed by atoms with Crippen molar-refractivity contribution in [2.45, 2.75) is 58.2 Å². The number of rotatable bonds is 4. The van der Waals surface area contributed by atoms with Crippen LogP contribution in [0.25, 0.3) is 0 Å². The molecule has 1 aromatic rings. The number of likely N-dealkylation sites (tertiary alicyclic amines) is 1. The molecule has 0 unspecified atom stereocenters. The van der Waals surface area contributed by atoms with Crippen molar-refractivity contribution < 1.29 is 14.4 Å². The Hall–Kier alpha value is -2.61. The summed E-state index contributed by atoms with van der Waals surface area (Å²) in [7, 11) is 0. The first-order chi connectivity index (χ1) is 15.3. The SMILES string of the molecule is CCCN1CCN(C(=O)[C@H](C)N2CC[C@]3(CCC2=O)NC(=O)c2ccc(C)cc2N3)CC1. The number of aryl methyl sites for hydroxylation is 1. The molecule has 8 heteroatoms. The molecule has 0 aliphatic carbocycles. The minimum atomic E-state index is -0.670. The minimum Gasteiger partial charge on any atom is -0.362 e. The highest BCUT2D eigenvalue weighted by Gasteiger charge is 2.42. The summed E-state index contributed by atoms with van der Waals surface area (Å²) in [5.41, 5.74) is 1.84. The van der Waals surface area contributed by atoms with Crippen molar-refractivity contribution in [1.82, 2.24) is 20.0 Å². The summed E-state index contributed by atoms with van der Waals surface area (Å²) in [5, 5.41) is 6.61. The number of fused-ring (bicyclic) bond motifs is 1. The molecule has 3 amide bonds. The number of carbonyl (C=O) groups excluding carboxylic acids is 3. The zero-order chi connectivity index (χ0) is 22.9. The van der Waals surface area contributed by atoms with Crippen molar-refractivity contribution in [3.8, 4) is 0 Å². The molecule has 3 heterocycles. The van der Waals surface area contributed by atoms with Gasteiger partial charge in [-0.1, -0.05) is 13.0 Å². The van der Waals surface area contributed by atoms with Crippen LogP contribution in [0.5, 0.6) is 0 Å². The maximum absolute atomic E-state index is 13.2. The molecule has 8 nitrogen and oxygen atoms in total. The van der Waals surface area contributed by atoms with Gasteiger partial charge in [-0.15, -0.1) is 0 Å². The number of nitrogens with zero attached hydrogens (tertiary/aromatic N) is 3. The Balaban J connectivity index is 1.43. The summed E-state index contributed by atoms with van der Waals surface area (Å²) in [5.74, 6) is -0.126. The molecule has 2 saturated heterocycles. The summed E-state index contributed by atoms with van der Waals surface area (Å²) < 4.78 is 0. The van der Waals surface area contributed by atoms with E-state index in [4.69, 9.17) is 0 Å². The molecule has 1 spiro atoms. The van der Waals surface area contributed by atoms with Gasteiger partial charge in [-0.25, -0.2) is 0 Å². The van der Waals surface area contributed by atoms with Crippen molar-refractivity contribution in [1.29, 1.82) is 0 Å². The van der Waals surface area contributed by atoms with E-state index in [1.165, 1.54) is 0 Å². The van der Waals surface area contributed by atoms with Gasteiger partial charge in [0.15, 0.2) is 0 Å². The van der Waals surface area contributed by atoms with Crippen molar-refractivity contribution in [3.05, 3.63) is 29.3 Å². The number of benzene rings is 1. The zero-order valence-corrected chi connectivity index (χ0v) is 19.4. The van der Waals surface area contributed by atoms with Gasteiger partial charge in [0.25, 0.3) is 5.91 Å². The molecule has 32 heavy (non-hydrogen) atoms. The molecular weight excluding hydrogens is 406 g/mol. The molecule has 4 rings (SSSR count). The van der Waals surface area contributed by atoms with E-state index in [0.29, 0.717) is 38.0 Å².